The fourth-order valence-electron chi connectivity index (χ4n) is 3.18. The van der Waals surface area contributed by atoms with Crippen LogP contribution in [0.15, 0.2) is 23.1 Å². The van der Waals surface area contributed by atoms with Gasteiger partial charge in [-0.1, -0.05) is 13.8 Å². The summed E-state index contributed by atoms with van der Waals surface area (Å²) in [7, 11) is 3.43. The quantitative estimate of drug-likeness (QED) is 0.858. The third-order valence-corrected chi connectivity index (χ3v) is 4.88. The molecular formula is C18H26N6O2. The molecule has 0 aromatic carbocycles. The number of hydrogen-bond donors (Lipinski definition) is 1. The van der Waals surface area contributed by atoms with Crippen LogP contribution in [0.2, 0.25) is 0 Å². The second kappa shape index (κ2) is 7.31. The Balaban J connectivity index is 1.56. The van der Waals surface area contributed by atoms with Gasteiger partial charge in [0.05, 0.1) is 17.6 Å². The lowest BCUT2D eigenvalue weighted by molar-refractivity contribution is 0.0939. The Labute approximate surface area is 152 Å². The van der Waals surface area contributed by atoms with E-state index in [9.17, 15) is 9.59 Å². The zero-order valence-corrected chi connectivity index (χ0v) is 15.8. The molecule has 1 N–H and O–H groups in total. The SMILES string of the molecule is CC(C)c1cc(C(=O)NCC2CCN(c3cnn(C)c(=O)c3)C2)n(C)n1. The molecule has 8 nitrogen and oxygen atoms in total. The van der Waals surface area contributed by atoms with Gasteiger partial charge in [0.15, 0.2) is 0 Å². The van der Waals surface area contributed by atoms with Crippen LogP contribution in [-0.4, -0.2) is 45.1 Å². The lowest BCUT2D eigenvalue weighted by Crippen LogP contribution is -2.32. The molecule has 0 saturated carbocycles. The van der Waals surface area contributed by atoms with Crippen molar-refractivity contribution < 1.29 is 4.79 Å². The number of carbonyl (C=O) groups excluding carboxylic acids is 1. The Bertz CT molecular complexity index is 854. The Kier molecular flexibility index (Phi) is 5.11. The number of amides is 1. The van der Waals surface area contributed by atoms with Crippen LogP contribution in [0.25, 0.3) is 0 Å². The third-order valence-electron chi connectivity index (χ3n) is 4.88. The number of nitrogens with zero attached hydrogens (tertiary/aromatic N) is 5. The largest absolute Gasteiger partial charge is 0.370 e. The smallest absolute Gasteiger partial charge is 0.269 e. The van der Waals surface area contributed by atoms with E-state index < -0.39 is 0 Å². The van der Waals surface area contributed by atoms with Gasteiger partial charge in [-0.05, 0) is 24.3 Å². The van der Waals surface area contributed by atoms with Crippen LogP contribution in [0.3, 0.4) is 0 Å². The summed E-state index contributed by atoms with van der Waals surface area (Å²) in [6.07, 6.45) is 2.68. The number of rotatable bonds is 5. The first-order valence-electron chi connectivity index (χ1n) is 8.95. The van der Waals surface area contributed by atoms with Crippen LogP contribution in [0.5, 0.6) is 0 Å². The monoisotopic (exact) mass is 358 g/mol. The summed E-state index contributed by atoms with van der Waals surface area (Å²) in [6.45, 7) is 6.39. The van der Waals surface area contributed by atoms with E-state index in [2.05, 4.69) is 34.3 Å². The Hall–Kier alpha value is -2.64. The van der Waals surface area contributed by atoms with Crippen molar-refractivity contribution in [3.63, 3.8) is 0 Å². The molecule has 1 saturated heterocycles. The molecule has 1 aliphatic rings. The van der Waals surface area contributed by atoms with Crippen molar-refractivity contribution in [1.82, 2.24) is 24.9 Å². The van der Waals surface area contributed by atoms with Crippen LogP contribution in [0, 0.1) is 5.92 Å². The molecule has 0 spiro atoms. The molecule has 1 atom stereocenters. The van der Waals surface area contributed by atoms with E-state index in [4.69, 9.17) is 0 Å². The van der Waals surface area contributed by atoms with Gasteiger partial charge in [-0.15, -0.1) is 0 Å². The summed E-state index contributed by atoms with van der Waals surface area (Å²) in [6, 6.07) is 3.46. The van der Waals surface area contributed by atoms with E-state index in [0.717, 1.165) is 30.9 Å². The molecule has 2 aromatic rings. The highest BCUT2D eigenvalue weighted by molar-refractivity contribution is 5.92. The summed E-state index contributed by atoms with van der Waals surface area (Å²) in [5.41, 5.74) is 2.23. The number of anilines is 1. The maximum atomic E-state index is 12.5. The summed E-state index contributed by atoms with van der Waals surface area (Å²) in [4.78, 5) is 26.3. The molecule has 2 aromatic heterocycles. The molecule has 26 heavy (non-hydrogen) atoms. The molecular weight excluding hydrogens is 332 g/mol. The molecule has 1 unspecified atom stereocenters. The Morgan fingerprint density at radius 1 is 1.31 bits per heavy atom. The summed E-state index contributed by atoms with van der Waals surface area (Å²) in [5, 5.41) is 11.5. The molecule has 1 amide bonds. The normalized spacial score (nSPS) is 17.1. The standard InChI is InChI=1S/C18H26N6O2/c1-12(2)15-8-16(22(3)21-15)18(26)19-9-13-5-6-24(11-13)14-7-17(25)23(4)20-10-14/h7-8,10,12-13H,5-6,9,11H2,1-4H3,(H,19,26). The van der Waals surface area contributed by atoms with Gasteiger partial charge in [-0.3, -0.25) is 14.3 Å². The van der Waals surface area contributed by atoms with Crippen LogP contribution in [-0.2, 0) is 14.1 Å². The average molecular weight is 358 g/mol. The number of carbonyl (C=O) groups is 1. The van der Waals surface area contributed by atoms with Crippen molar-refractivity contribution in [2.24, 2.45) is 20.0 Å². The minimum Gasteiger partial charge on any atom is -0.370 e. The topological polar surface area (TPSA) is 85.0 Å². The van der Waals surface area contributed by atoms with Crippen molar-refractivity contribution in [2.45, 2.75) is 26.2 Å². The molecule has 1 aliphatic heterocycles. The fourth-order valence-corrected chi connectivity index (χ4v) is 3.18. The average Bonchev–Trinajstić information content (AvgIpc) is 3.22. The van der Waals surface area contributed by atoms with E-state index in [-0.39, 0.29) is 11.5 Å². The first kappa shape index (κ1) is 18.2. The first-order valence-corrected chi connectivity index (χ1v) is 8.95. The predicted octanol–water partition coefficient (Wildman–Crippen LogP) is 0.893. The van der Waals surface area contributed by atoms with Gasteiger partial charge in [-0.2, -0.15) is 10.2 Å². The van der Waals surface area contributed by atoms with Gasteiger partial charge in [-0.25, -0.2) is 4.68 Å². The highest BCUT2D eigenvalue weighted by Crippen LogP contribution is 2.21. The Morgan fingerprint density at radius 2 is 2.08 bits per heavy atom. The molecule has 0 bridgehead atoms. The number of nitrogens with one attached hydrogen (secondary N) is 1. The predicted molar refractivity (Wildman–Crippen MR) is 99.4 cm³/mol. The van der Waals surface area contributed by atoms with Gasteiger partial charge >= 0.3 is 0 Å². The number of aromatic nitrogens is 4. The van der Waals surface area contributed by atoms with Crippen molar-refractivity contribution in [2.75, 3.05) is 24.5 Å². The van der Waals surface area contributed by atoms with Gasteiger partial charge in [0.2, 0.25) is 0 Å². The molecule has 8 heteroatoms. The van der Waals surface area contributed by atoms with Crippen molar-refractivity contribution in [3.05, 3.63) is 40.1 Å². The lowest BCUT2D eigenvalue weighted by Gasteiger charge is -2.18. The molecule has 1 fully saturated rings. The van der Waals surface area contributed by atoms with Crippen molar-refractivity contribution in [3.8, 4) is 0 Å². The van der Waals surface area contributed by atoms with Crippen molar-refractivity contribution in [1.29, 1.82) is 0 Å². The maximum absolute atomic E-state index is 12.5. The highest BCUT2D eigenvalue weighted by Gasteiger charge is 2.24. The van der Waals surface area contributed by atoms with E-state index in [0.29, 0.717) is 24.1 Å². The summed E-state index contributed by atoms with van der Waals surface area (Å²) < 4.78 is 2.95. The molecule has 3 rings (SSSR count). The minimum atomic E-state index is -0.114. The summed E-state index contributed by atoms with van der Waals surface area (Å²) >= 11 is 0. The third kappa shape index (κ3) is 3.79. The minimum absolute atomic E-state index is 0.0967. The van der Waals surface area contributed by atoms with E-state index in [1.807, 2.05) is 6.07 Å². The number of hydrogen-bond acceptors (Lipinski definition) is 5. The highest BCUT2D eigenvalue weighted by atomic mass is 16.2. The van der Waals surface area contributed by atoms with Gasteiger partial charge in [0, 0.05) is 39.8 Å². The molecule has 140 valence electrons. The zero-order chi connectivity index (χ0) is 18.8. The van der Waals surface area contributed by atoms with Crippen LogP contribution < -0.4 is 15.8 Å². The van der Waals surface area contributed by atoms with E-state index in [1.165, 1.54) is 4.68 Å². The zero-order valence-electron chi connectivity index (χ0n) is 15.8. The molecule has 0 aliphatic carbocycles. The Morgan fingerprint density at radius 3 is 2.73 bits per heavy atom. The first-order chi connectivity index (χ1) is 12.3. The fraction of sp³-hybridized carbons (Fsp3) is 0.556. The van der Waals surface area contributed by atoms with Gasteiger partial charge in [0.25, 0.3) is 11.5 Å². The van der Waals surface area contributed by atoms with Gasteiger partial charge < -0.3 is 10.2 Å². The molecule has 0 radical (unpaired) electrons. The van der Waals surface area contributed by atoms with Crippen LogP contribution in [0.4, 0.5) is 5.69 Å². The van der Waals surface area contributed by atoms with Crippen molar-refractivity contribution >= 4 is 11.6 Å². The van der Waals surface area contributed by atoms with Gasteiger partial charge in [0.1, 0.15) is 5.69 Å². The van der Waals surface area contributed by atoms with E-state index in [1.54, 1.807) is 31.0 Å². The summed E-state index contributed by atoms with van der Waals surface area (Å²) in [5.74, 6) is 0.541. The lowest BCUT2D eigenvalue weighted by atomic mass is 10.1. The second-order valence-electron chi connectivity index (χ2n) is 7.22. The molecule has 3 heterocycles. The van der Waals surface area contributed by atoms with Crippen LogP contribution >= 0.6 is 0 Å². The van der Waals surface area contributed by atoms with Crippen LogP contribution in [0.1, 0.15) is 42.4 Å². The van der Waals surface area contributed by atoms with E-state index >= 15 is 0 Å². The maximum Gasteiger partial charge on any atom is 0.269 e. The number of aryl methyl sites for hydroxylation is 2. The second-order valence-corrected chi connectivity index (χ2v) is 7.22.